The van der Waals surface area contributed by atoms with Gasteiger partial charge in [0.1, 0.15) is 0 Å². The van der Waals surface area contributed by atoms with E-state index in [2.05, 4.69) is 17.1 Å². The molecule has 0 radical (unpaired) electrons. The third kappa shape index (κ3) is 1.82. The second-order valence-corrected chi connectivity index (χ2v) is 5.16. The van der Waals surface area contributed by atoms with E-state index >= 15 is 0 Å². The Labute approximate surface area is 122 Å². The maximum atomic E-state index is 12.7. The Morgan fingerprint density at radius 3 is 2.43 bits per heavy atom. The smallest absolute Gasteiger partial charge is 0.259 e. The van der Waals surface area contributed by atoms with E-state index in [1.807, 2.05) is 53.2 Å². The molecule has 3 nitrogen and oxygen atoms in total. The van der Waals surface area contributed by atoms with E-state index in [4.69, 9.17) is 0 Å². The first kappa shape index (κ1) is 12.1. The Bertz CT molecular complexity index is 908. The van der Waals surface area contributed by atoms with Gasteiger partial charge in [0.15, 0.2) is 0 Å². The van der Waals surface area contributed by atoms with Crippen LogP contribution in [0, 0.1) is 0 Å². The summed E-state index contributed by atoms with van der Waals surface area (Å²) in [4.78, 5) is 17.0. The average Bonchev–Trinajstić information content (AvgIpc) is 2.56. The van der Waals surface area contributed by atoms with Crippen LogP contribution in [0.15, 0.2) is 64.4 Å². The largest absolute Gasteiger partial charge is 0.304 e. The lowest BCUT2D eigenvalue weighted by atomic mass is 9.96. The minimum absolute atomic E-state index is 0.0754. The summed E-state index contributed by atoms with van der Waals surface area (Å²) in [6, 6.07) is 18.0. The summed E-state index contributed by atoms with van der Waals surface area (Å²) in [5, 5.41) is 1.77. The molecule has 102 valence electrons. The third-order valence-electron chi connectivity index (χ3n) is 3.95. The summed E-state index contributed by atoms with van der Waals surface area (Å²) in [7, 11) is 0. The van der Waals surface area contributed by atoms with E-state index in [0.717, 1.165) is 27.6 Å². The molecule has 0 amide bonds. The Morgan fingerprint density at radius 2 is 1.62 bits per heavy atom. The molecular weight excluding hydrogens is 260 g/mol. The average molecular weight is 274 g/mol. The number of aliphatic imine (C=N–C) groups is 1. The van der Waals surface area contributed by atoms with Crippen LogP contribution in [0.25, 0.3) is 21.9 Å². The zero-order chi connectivity index (χ0) is 14.2. The van der Waals surface area contributed by atoms with Crippen LogP contribution in [0.1, 0.15) is 5.69 Å². The van der Waals surface area contributed by atoms with Gasteiger partial charge in [-0.25, -0.2) is 0 Å². The minimum Gasteiger partial charge on any atom is -0.304 e. The van der Waals surface area contributed by atoms with Crippen molar-refractivity contribution < 1.29 is 0 Å². The molecule has 0 saturated heterocycles. The molecule has 1 aliphatic rings. The van der Waals surface area contributed by atoms with Crippen molar-refractivity contribution in [3.8, 4) is 11.1 Å². The molecule has 3 heteroatoms. The number of nitrogens with zero attached hydrogens (tertiary/aromatic N) is 2. The normalized spacial score (nSPS) is 13.3. The monoisotopic (exact) mass is 274 g/mol. The number of benzene rings is 2. The predicted molar refractivity (Wildman–Crippen MR) is 86.1 cm³/mol. The molecular formula is C18H14N2O. The van der Waals surface area contributed by atoms with E-state index < -0.39 is 0 Å². The maximum Gasteiger partial charge on any atom is 0.259 e. The number of rotatable bonds is 1. The van der Waals surface area contributed by atoms with Gasteiger partial charge in [-0.05, 0) is 17.0 Å². The second kappa shape index (κ2) is 4.70. The van der Waals surface area contributed by atoms with Crippen LogP contribution in [0.2, 0.25) is 0 Å². The molecule has 0 spiro atoms. The third-order valence-corrected chi connectivity index (χ3v) is 3.95. The van der Waals surface area contributed by atoms with Gasteiger partial charge in [-0.3, -0.25) is 9.79 Å². The van der Waals surface area contributed by atoms with E-state index in [1.165, 1.54) is 0 Å². The topological polar surface area (TPSA) is 34.4 Å². The number of aromatic nitrogens is 1. The van der Waals surface area contributed by atoms with Gasteiger partial charge in [0.05, 0.1) is 12.2 Å². The van der Waals surface area contributed by atoms with Gasteiger partial charge in [0.2, 0.25) is 0 Å². The summed E-state index contributed by atoms with van der Waals surface area (Å²) < 4.78 is 1.84. The first-order valence-corrected chi connectivity index (χ1v) is 7.07. The highest BCUT2D eigenvalue weighted by molar-refractivity contribution is 6.04. The molecule has 21 heavy (non-hydrogen) atoms. The van der Waals surface area contributed by atoms with Crippen molar-refractivity contribution >= 4 is 17.0 Å². The lowest BCUT2D eigenvalue weighted by Crippen LogP contribution is -2.28. The predicted octanol–water partition coefficient (Wildman–Crippen LogP) is 3.10. The highest BCUT2D eigenvalue weighted by Gasteiger charge is 2.17. The van der Waals surface area contributed by atoms with Crippen molar-refractivity contribution in [3.05, 3.63) is 70.6 Å². The van der Waals surface area contributed by atoms with Crippen LogP contribution in [-0.2, 0) is 6.54 Å². The molecule has 3 aromatic rings. The summed E-state index contributed by atoms with van der Waals surface area (Å²) >= 11 is 0. The van der Waals surface area contributed by atoms with Gasteiger partial charge in [0, 0.05) is 23.7 Å². The maximum absolute atomic E-state index is 12.7. The molecule has 0 saturated carbocycles. The molecule has 0 fully saturated rings. The number of hydrogen-bond acceptors (Lipinski definition) is 2. The molecule has 0 unspecified atom stereocenters. The summed E-state index contributed by atoms with van der Waals surface area (Å²) in [5.41, 5.74) is 3.20. The van der Waals surface area contributed by atoms with Gasteiger partial charge in [-0.15, -0.1) is 0 Å². The van der Waals surface area contributed by atoms with Crippen LogP contribution in [0.3, 0.4) is 0 Å². The molecule has 0 N–H and O–H groups in total. The molecule has 0 bridgehead atoms. The summed E-state index contributed by atoms with van der Waals surface area (Å²) in [6.45, 7) is 1.31. The zero-order valence-corrected chi connectivity index (χ0v) is 11.5. The SMILES string of the molecule is O=c1c2ccccc2c(-c2ccccc2)c2n1CCN=C2. The van der Waals surface area contributed by atoms with Crippen molar-refractivity contribution in [2.24, 2.45) is 4.99 Å². The fourth-order valence-electron chi connectivity index (χ4n) is 2.99. The van der Waals surface area contributed by atoms with E-state index in [-0.39, 0.29) is 5.56 Å². The van der Waals surface area contributed by atoms with Crippen molar-refractivity contribution in [1.29, 1.82) is 0 Å². The molecule has 1 aromatic heterocycles. The van der Waals surface area contributed by atoms with Crippen LogP contribution in [0.5, 0.6) is 0 Å². The van der Waals surface area contributed by atoms with E-state index in [9.17, 15) is 4.79 Å². The quantitative estimate of drug-likeness (QED) is 0.671. The minimum atomic E-state index is 0.0754. The van der Waals surface area contributed by atoms with Gasteiger partial charge in [-0.1, -0.05) is 48.5 Å². The van der Waals surface area contributed by atoms with Crippen LogP contribution in [-0.4, -0.2) is 17.3 Å². The number of pyridine rings is 1. The first-order chi connectivity index (χ1) is 10.4. The lowest BCUT2D eigenvalue weighted by molar-refractivity contribution is 0.670. The Kier molecular flexibility index (Phi) is 2.71. The standard InChI is InChI=1S/C18H14N2O/c21-18-15-9-5-4-8-14(15)17(13-6-2-1-3-7-13)16-12-19-10-11-20(16)18/h1-9,12H,10-11H2. The summed E-state index contributed by atoms with van der Waals surface area (Å²) in [6.07, 6.45) is 1.83. The summed E-state index contributed by atoms with van der Waals surface area (Å²) in [5.74, 6) is 0. The van der Waals surface area contributed by atoms with Crippen LogP contribution in [0.4, 0.5) is 0 Å². The van der Waals surface area contributed by atoms with Crippen molar-refractivity contribution in [2.45, 2.75) is 6.54 Å². The van der Waals surface area contributed by atoms with Crippen molar-refractivity contribution in [3.63, 3.8) is 0 Å². The molecule has 0 atom stereocenters. The van der Waals surface area contributed by atoms with E-state index in [0.29, 0.717) is 13.1 Å². The van der Waals surface area contributed by atoms with E-state index in [1.54, 1.807) is 0 Å². The van der Waals surface area contributed by atoms with Gasteiger partial charge in [-0.2, -0.15) is 0 Å². The fraction of sp³-hybridized carbons (Fsp3) is 0.111. The lowest BCUT2D eigenvalue weighted by Gasteiger charge is -2.19. The fourth-order valence-corrected chi connectivity index (χ4v) is 2.99. The molecule has 1 aliphatic heterocycles. The molecule has 0 aliphatic carbocycles. The van der Waals surface area contributed by atoms with Gasteiger partial charge >= 0.3 is 0 Å². The van der Waals surface area contributed by atoms with Gasteiger partial charge < -0.3 is 4.57 Å². The molecule has 2 heterocycles. The number of hydrogen-bond donors (Lipinski definition) is 0. The van der Waals surface area contributed by atoms with Crippen molar-refractivity contribution in [2.75, 3.05) is 6.54 Å². The highest BCUT2D eigenvalue weighted by Crippen LogP contribution is 2.30. The Morgan fingerprint density at radius 1 is 0.905 bits per heavy atom. The second-order valence-electron chi connectivity index (χ2n) is 5.16. The molecule has 4 rings (SSSR count). The first-order valence-electron chi connectivity index (χ1n) is 7.07. The van der Waals surface area contributed by atoms with Crippen molar-refractivity contribution in [1.82, 2.24) is 4.57 Å². The molecule has 2 aromatic carbocycles. The van der Waals surface area contributed by atoms with Crippen LogP contribution < -0.4 is 5.56 Å². The van der Waals surface area contributed by atoms with Crippen LogP contribution >= 0.6 is 0 Å². The Hall–Kier alpha value is -2.68. The zero-order valence-electron chi connectivity index (χ0n) is 11.5. The Balaban J connectivity index is 2.22. The highest BCUT2D eigenvalue weighted by atomic mass is 16.1. The number of fused-ring (bicyclic) bond motifs is 2. The van der Waals surface area contributed by atoms with Gasteiger partial charge in [0.25, 0.3) is 5.56 Å².